The monoisotopic (exact) mass is 680 g/mol. The van der Waals surface area contributed by atoms with E-state index >= 15 is 0 Å². The molecule has 3 saturated heterocycles. The maximum Gasteiger partial charge on any atom is 0.421 e. The first-order chi connectivity index (χ1) is 23.7. The Morgan fingerprint density at radius 2 is 1.71 bits per heavy atom. The van der Waals surface area contributed by atoms with Crippen molar-refractivity contribution < 1.29 is 27.4 Å². The van der Waals surface area contributed by atoms with Crippen molar-refractivity contribution in [2.75, 3.05) is 80.4 Å². The molecule has 0 saturated carbocycles. The maximum atomic E-state index is 13.9. The van der Waals surface area contributed by atoms with Crippen LogP contribution in [0.15, 0.2) is 42.6 Å². The van der Waals surface area contributed by atoms with Crippen molar-refractivity contribution in [3.63, 3.8) is 0 Å². The topological polar surface area (TPSA) is 107 Å². The first-order valence-corrected chi connectivity index (χ1v) is 17.1. The van der Waals surface area contributed by atoms with Crippen molar-refractivity contribution >= 4 is 34.7 Å². The van der Waals surface area contributed by atoms with Gasteiger partial charge in [0.1, 0.15) is 17.1 Å². The zero-order valence-electron chi connectivity index (χ0n) is 27.7. The molecule has 4 aliphatic rings. The molecule has 3 N–H and O–H groups in total. The van der Waals surface area contributed by atoms with Gasteiger partial charge in [-0.1, -0.05) is 12.1 Å². The molecule has 0 spiro atoms. The lowest BCUT2D eigenvalue weighted by Crippen LogP contribution is -2.54. The summed E-state index contributed by atoms with van der Waals surface area (Å²) >= 11 is 0. The highest BCUT2D eigenvalue weighted by atomic mass is 19.4. The van der Waals surface area contributed by atoms with Crippen molar-refractivity contribution in [3.05, 3.63) is 59.3 Å². The molecule has 5 heterocycles. The first-order valence-electron chi connectivity index (χ1n) is 17.1. The van der Waals surface area contributed by atoms with E-state index in [9.17, 15) is 18.0 Å². The molecule has 3 aromatic rings. The summed E-state index contributed by atoms with van der Waals surface area (Å²) < 4.78 is 53.0. The predicted molar refractivity (Wildman–Crippen MR) is 182 cm³/mol. The number of carbonyl (C=O) groups excluding carboxylic acids is 1. The Morgan fingerprint density at radius 1 is 0.980 bits per heavy atom. The Hall–Kier alpha value is -4.14. The molecule has 0 unspecified atom stereocenters. The minimum Gasteiger partial charge on any atom is -0.494 e. The Morgan fingerprint density at radius 3 is 2.45 bits per heavy atom. The van der Waals surface area contributed by atoms with Gasteiger partial charge in [0.25, 0.3) is 0 Å². The van der Waals surface area contributed by atoms with E-state index in [0.29, 0.717) is 34.8 Å². The van der Waals surface area contributed by atoms with Crippen LogP contribution in [0.2, 0.25) is 0 Å². The summed E-state index contributed by atoms with van der Waals surface area (Å²) in [5.41, 5.74) is 2.73. The van der Waals surface area contributed by atoms with E-state index < -0.39 is 11.7 Å². The van der Waals surface area contributed by atoms with Crippen LogP contribution < -0.4 is 25.6 Å². The van der Waals surface area contributed by atoms with Crippen molar-refractivity contribution in [2.24, 2.45) is 0 Å². The number of piperidine rings is 1. The second-order valence-electron chi connectivity index (χ2n) is 13.1. The summed E-state index contributed by atoms with van der Waals surface area (Å²) in [5.74, 6) is 0.0256. The molecule has 0 aliphatic carbocycles. The van der Waals surface area contributed by atoms with Crippen LogP contribution in [0.25, 0.3) is 0 Å². The summed E-state index contributed by atoms with van der Waals surface area (Å²) in [6.07, 6.45) is 1.00. The number of piperazine rings is 1. The molecular weight excluding hydrogens is 637 g/mol. The zero-order valence-corrected chi connectivity index (χ0v) is 27.7. The van der Waals surface area contributed by atoms with Gasteiger partial charge in [0.2, 0.25) is 11.9 Å². The number of hydrogen-bond acceptors (Lipinski definition) is 10. The summed E-state index contributed by atoms with van der Waals surface area (Å²) in [6.45, 7) is 7.95. The van der Waals surface area contributed by atoms with Gasteiger partial charge in [-0.2, -0.15) is 18.2 Å². The van der Waals surface area contributed by atoms with Crippen LogP contribution in [0.1, 0.15) is 42.4 Å². The third-order valence-corrected chi connectivity index (χ3v) is 10.3. The van der Waals surface area contributed by atoms with Gasteiger partial charge in [-0.3, -0.25) is 9.69 Å². The van der Waals surface area contributed by atoms with Crippen LogP contribution in [0.5, 0.6) is 5.75 Å². The summed E-state index contributed by atoms with van der Waals surface area (Å²) in [7, 11) is 1.56. The van der Waals surface area contributed by atoms with E-state index in [2.05, 4.69) is 40.6 Å². The molecule has 14 heteroatoms. The number of benzene rings is 2. The average molecular weight is 681 g/mol. The molecule has 7 rings (SSSR count). The number of nitrogens with one attached hydrogen (secondary N) is 3. The average Bonchev–Trinajstić information content (AvgIpc) is 3.52. The smallest absolute Gasteiger partial charge is 0.421 e. The molecular formula is C35H43F3N8O3. The van der Waals surface area contributed by atoms with Gasteiger partial charge in [0.05, 0.1) is 19.2 Å². The third kappa shape index (κ3) is 7.55. The number of alkyl halides is 3. The Balaban J connectivity index is 0.982. The number of amides is 1. The molecule has 1 aromatic heterocycles. The number of likely N-dealkylation sites (tertiary alicyclic amines) is 1. The van der Waals surface area contributed by atoms with Crippen LogP contribution in [0.4, 0.5) is 42.0 Å². The number of fused-ring (bicyclic) bond motifs is 1. The highest BCUT2D eigenvalue weighted by Crippen LogP contribution is 2.37. The fraction of sp³-hybridized carbons (Fsp3) is 0.514. The van der Waals surface area contributed by atoms with E-state index in [4.69, 9.17) is 9.47 Å². The molecule has 2 aromatic carbocycles. The highest BCUT2D eigenvalue weighted by Gasteiger charge is 2.36. The number of ether oxygens (including phenoxy) is 2. The summed E-state index contributed by atoms with van der Waals surface area (Å²) in [5, 5.41) is 8.65. The van der Waals surface area contributed by atoms with E-state index in [1.807, 2.05) is 18.2 Å². The molecule has 4 aliphatic heterocycles. The Kier molecular flexibility index (Phi) is 9.79. The quantitative estimate of drug-likeness (QED) is 0.282. The van der Waals surface area contributed by atoms with Crippen LogP contribution in [0, 0.1) is 0 Å². The molecule has 262 valence electrons. The predicted octanol–water partition coefficient (Wildman–Crippen LogP) is 5.12. The van der Waals surface area contributed by atoms with Gasteiger partial charge in [-0.05, 0) is 68.1 Å². The number of methoxy groups -OCH3 is 1. The lowest BCUT2D eigenvalue weighted by Gasteiger charge is -2.45. The van der Waals surface area contributed by atoms with E-state index in [1.54, 1.807) is 25.3 Å². The standard InChI is InChI=1S/C35H43F3N8O3/c1-48-31-19-26(46-15-13-45(14-16-46)24-7-11-44(12-8-24)25-9-17-49-18-10-25)5-6-30(31)42-34-40-22-28(35(36,37)38)33(43-34)39-21-23-3-2-4-29-27(23)20-32(47)41-29/h2-6,19,22,24-25H,7-18,20-21H2,1H3,(H,41,47)(H2,39,40,42,43). The maximum absolute atomic E-state index is 13.9. The minimum atomic E-state index is -4.66. The molecule has 0 atom stereocenters. The number of anilines is 5. The molecule has 1 amide bonds. The molecule has 0 radical (unpaired) electrons. The van der Waals surface area contributed by atoms with Gasteiger partial charge < -0.3 is 35.2 Å². The first kappa shape index (κ1) is 33.4. The van der Waals surface area contributed by atoms with Crippen molar-refractivity contribution in [1.82, 2.24) is 19.8 Å². The van der Waals surface area contributed by atoms with Gasteiger partial charge >= 0.3 is 6.18 Å². The molecule has 49 heavy (non-hydrogen) atoms. The largest absolute Gasteiger partial charge is 0.494 e. The van der Waals surface area contributed by atoms with Gasteiger partial charge in [0.15, 0.2) is 0 Å². The van der Waals surface area contributed by atoms with Crippen molar-refractivity contribution in [2.45, 2.75) is 56.9 Å². The van der Waals surface area contributed by atoms with Gasteiger partial charge in [-0.25, -0.2) is 4.98 Å². The van der Waals surface area contributed by atoms with Gasteiger partial charge in [0, 0.05) is 81.7 Å². The highest BCUT2D eigenvalue weighted by molar-refractivity contribution is 5.99. The zero-order chi connectivity index (χ0) is 34.0. The Bertz CT molecular complexity index is 1630. The summed E-state index contributed by atoms with van der Waals surface area (Å²) in [6, 6.07) is 12.4. The fourth-order valence-electron chi connectivity index (χ4n) is 7.56. The van der Waals surface area contributed by atoms with E-state index in [0.717, 1.165) is 82.8 Å². The second-order valence-corrected chi connectivity index (χ2v) is 13.1. The summed E-state index contributed by atoms with van der Waals surface area (Å²) in [4.78, 5) is 27.7. The number of carbonyl (C=O) groups is 1. The normalized spacial score (nSPS) is 19.8. The number of hydrogen-bond donors (Lipinski definition) is 3. The number of aromatic nitrogens is 2. The SMILES string of the molecule is COc1cc(N2CCN(C3CCN(C4CCOCC4)CC3)CC2)ccc1Nc1ncc(C(F)(F)F)c(NCc2cccc3c2CC(=O)N3)n1. The molecule has 11 nitrogen and oxygen atoms in total. The number of nitrogens with zero attached hydrogens (tertiary/aromatic N) is 5. The third-order valence-electron chi connectivity index (χ3n) is 10.3. The van der Waals surface area contributed by atoms with Crippen LogP contribution >= 0.6 is 0 Å². The van der Waals surface area contributed by atoms with Crippen LogP contribution in [-0.4, -0.2) is 97.4 Å². The van der Waals surface area contributed by atoms with Crippen LogP contribution in [-0.2, 0) is 28.7 Å². The lowest BCUT2D eigenvalue weighted by molar-refractivity contribution is -0.137. The van der Waals surface area contributed by atoms with Crippen molar-refractivity contribution in [1.29, 1.82) is 0 Å². The minimum absolute atomic E-state index is 0.00633. The lowest BCUT2D eigenvalue weighted by atomic mass is 9.98. The molecule has 0 bridgehead atoms. The molecule has 3 fully saturated rings. The van der Waals surface area contributed by atoms with Gasteiger partial charge in [-0.15, -0.1) is 0 Å². The number of rotatable bonds is 9. The van der Waals surface area contributed by atoms with E-state index in [-0.39, 0.29) is 30.6 Å². The van der Waals surface area contributed by atoms with Crippen molar-refractivity contribution in [3.8, 4) is 5.75 Å². The van der Waals surface area contributed by atoms with E-state index in [1.165, 1.54) is 12.8 Å². The number of halogens is 3. The second kappa shape index (κ2) is 14.4. The van der Waals surface area contributed by atoms with Crippen LogP contribution in [0.3, 0.4) is 0 Å². The fourth-order valence-corrected chi connectivity index (χ4v) is 7.56. The Labute approximate surface area is 284 Å².